The molecule has 2 aromatic rings. The van der Waals surface area contributed by atoms with E-state index in [-0.39, 0.29) is 0 Å². The Morgan fingerprint density at radius 1 is 1.18 bits per heavy atom. The van der Waals surface area contributed by atoms with E-state index in [0.717, 1.165) is 30.6 Å². The highest BCUT2D eigenvalue weighted by Crippen LogP contribution is 2.12. The first-order chi connectivity index (χ1) is 8.28. The first kappa shape index (κ1) is 11.9. The number of benzene rings is 1. The molecule has 88 valence electrons. The van der Waals surface area contributed by atoms with Gasteiger partial charge >= 0.3 is 0 Å². The Hall–Kier alpha value is -1.55. The number of carbonyl (C=O) groups excluding carboxylic acids is 1. The molecule has 1 aromatic heterocycles. The third-order valence-electron chi connectivity index (χ3n) is 2.56. The van der Waals surface area contributed by atoms with Gasteiger partial charge < -0.3 is 0 Å². The molecule has 0 radical (unpaired) electrons. The molecule has 0 amide bonds. The van der Waals surface area contributed by atoms with Crippen LogP contribution in [-0.2, 0) is 12.8 Å². The third kappa shape index (κ3) is 3.46. The third-order valence-corrected chi connectivity index (χ3v) is 3.47. The minimum absolute atomic E-state index is 0.468. The topological polar surface area (TPSA) is 42.9 Å². The normalized spacial score (nSPS) is 10.4. The van der Waals surface area contributed by atoms with Crippen molar-refractivity contribution in [3.63, 3.8) is 0 Å². The number of rotatable bonds is 5. The van der Waals surface area contributed by atoms with E-state index in [0.29, 0.717) is 5.01 Å². The van der Waals surface area contributed by atoms with E-state index < -0.39 is 0 Å². The van der Waals surface area contributed by atoms with Gasteiger partial charge in [-0.15, -0.1) is 10.2 Å². The maximum atomic E-state index is 10.5. The fourth-order valence-electron chi connectivity index (χ4n) is 1.61. The molecular weight excluding hydrogens is 232 g/mol. The molecule has 0 atom stereocenters. The maximum Gasteiger partial charge on any atom is 0.180 e. The minimum Gasteiger partial charge on any atom is -0.295 e. The van der Waals surface area contributed by atoms with Gasteiger partial charge in [-0.3, -0.25) is 4.79 Å². The molecule has 0 saturated heterocycles. The van der Waals surface area contributed by atoms with Crippen LogP contribution in [0.4, 0.5) is 0 Å². The predicted octanol–water partition coefficient (Wildman–Crippen LogP) is 2.83. The summed E-state index contributed by atoms with van der Waals surface area (Å²) in [5, 5.41) is 9.15. The summed E-state index contributed by atoms with van der Waals surface area (Å²) in [6.45, 7) is 2.09. The number of nitrogens with zero attached hydrogens (tertiary/aromatic N) is 2. The Kier molecular flexibility index (Phi) is 3.98. The van der Waals surface area contributed by atoms with Crippen molar-refractivity contribution in [2.45, 2.75) is 26.2 Å². The Bertz CT molecular complexity index is 490. The lowest BCUT2D eigenvalue weighted by Gasteiger charge is -2.00. The Morgan fingerprint density at radius 2 is 1.94 bits per heavy atom. The van der Waals surface area contributed by atoms with Crippen LogP contribution in [0.3, 0.4) is 0 Å². The molecule has 0 fully saturated rings. The molecule has 0 spiro atoms. The average molecular weight is 246 g/mol. The second-order valence-electron chi connectivity index (χ2n) is 3.99. The van der Waals surface area contributed by atoms with Crippen LogP contribution in [-0.4, -0.2) is 16.5 Å². The van der Waals surface area contributed by atoms with Crippen LogP contribution in [0.25, 0.3) is 0 Å². The minimum atomic E-state index is 0.468. The van der Waals surface area contributed by atoms with Crippen LogP contribution in [0.2, 0.25) is 0 Å². The van der Waals surface area contributed by atoms with Crippen molar-refractivity contribution in [3.8, 4) is 0 Å². The summed E-state index contributed by atoms with van der Waals surface area (Å²) < 4.78 is 0. The lowest BCUT2D eigenvalue weighted by molar-refractivity contribution is 0.112. The molecule has 0 aliphatic heterocycles. The molecule has 0 N–H and O–H groups in total. The van der Waals surface area contributed by atoms with Gasteiger partial charge in [-0.25, -0.2) is 0 Å². The maximum absolute atomic E-state index is 10.5. The second kappa shape index (κ2) is 5.68. The van der Waals surface area contributed by atoms with Crippen molar-refractivity contribution < 1.29 is 4.79 Å². The standard InChI is InChI=1S/C13H14N2OS/c1-10-5-7-11(8-6-10)3-2-4-12-14-15-13(9-16)17-12/h5-9H,2-4H2,1H3. The number of aryl methyl sites for hydroxylation is 3. The van der Waals surface area contributed by atoms with E-state index in [2.05, 4.69) is 41.4 Å². The summed E-state index contributed by atoms with van der Waals surface area (Å²) in [7, 11) is 0. The van der Waals surface area contributed by atoms with Gasteiger partial charge in [-0.2, -0.15) is 0 Å². The molecule has 0 aliphatic carbocycles. The molecule has 0 unspecified atom stereocenters. The molecule has 0 bridgehead atoms. The van der Waals surface area contributed by atoms with Gasteiger partial charge in [0.15, 0.2) is 11.3 Å². The second-order valence-corrected chi connectivity index (χ2v) is 5.08. The zero-order chi connectivity index (χ0) is 12.1. The van der Waals surface area contributed by atoms with Gasteiger partial charge in [0.2, 0.25) is 0 Å². The van der Waals surface area contributed by atoms with Crippen molar-refractivity contribution in [2.75, 3.05) is 0 Å². The van der Waals surface area contributed by atoms with Crippen LogP contribution >= 0.6 is 11.3 Å². The molecule has 17 heavy (non-hydrogen) atoms. The van der Waals surface area contributed by atoms with Crippen LogP contribution < -0.4 is 0 Å². The summed E-state index contributed by atoms with van der Waals surface area (Å²) in [6, 6.07) is 8.58. The predicted molar refractivity (Wildman–Crippen MR) is 68.5 cm³/mol. The molecular formula is C13H14N2OS. The molecule has 2 rings (SSSR count). The van der Waals surface area contributed by atoms with E-state index in [1.807, 2.05) is 0 Å². The summed E-state index contributed by atoms with van der Waals surface area (Å²) in [6.07, 6.45) is 3.72. The first-order valence-corrected chi connectivity index (χ1v) is 6.42. The first-order valence-electron chi connectivity index (χ1n) is 5.61. The quantitative estimate of drug-likeness (QED) is 0.762. The van der Waals surface area contributed by atoms with Gasteiger partial charge in [0, 0.05) is 6.42 Å². The fourth-order valence-corrected chi connectivity index (χ4v) is 2.31. The van der Waals surface area contributed by atoms with Crippen LogP contribution in [0.15, 0.2) is 24.3 Å². The highest BCUT2D eigenvalue weighted by Gasteiger charge is 2.02. The zero-order valence-corrected chi connectivity index (χ0v) is 10.5. The van der Waals surface area contributed by atoms with Gasteiger partial charge in [0.25, 0.3) is 0 Å². The van der Waals surface area contributed by atoms with Gasteiger partial charge in [-0.05, 0) is 25.3 Å². The zero-order valence-electron chi connectivity index (χ0n) is 9.72. The van der Waals surface area contributed by atoms with E-state index in [4.69, 9.17) is 0 Å². The van der Waals surface area contributed by atoms with Crippen LogP contribution in [0.1, 0.15) is 32.4 Å². The van der Waals surface area contributed by atoms with Crippen molar-refractivity contribution >= 4 is 17.6 Å². The van der Waals surface area contributed by atoms with Crippen LogP contribution in [0.5, 0.6) is 0 Å². The van der Waals surface area contributed by atoms with Crippen molar-refractivity contribution in [3.05, 3.63) is 45.4 Å². The lowest BCUT2D eigenvalue weighted by atomic mass is 10.1. The summed E-state index contributed by atoms with van der Waals surface area (Å²) >= 11 is 1.38. The number of hydrogen-bond donors (Lipinski definition) is 0. The molecule has 4 heteroatoms. The molecule has 0 saturated carbocycles. The van der Waals surface area contributed by atoms with Crippen LogP contribution in [0, 0.1) is 6.92 Å². The van der Waals surface area contributed by atoms with Gasteiger partial charge in [0.1, 0.15) is 5.01 Å². The Labute approximate surface area is 105 Å². The highest BCUT2D eigenvalue weighted by atomic mass is 32.1. The van der Waals surface area contributed by atoms with E-state index in [9.17, 15) is 4.79 Å². The van der Waals surface area contributed by atoms with Crippen molar-refractivity contribution in [2.24, 2.45) is 0 Å². The highest BCUT2D eigenvalue weighted by molar-refractivity contribution is 7.12. The Morgan fingerprint density at radius 3 is 2.59 bits per heavy atom. The van der Waals surface area contributed by atoms with Gasteiger partial charge in [-0.1, -0.05) is 41.2 Å². The van der Waals surface area contributed by atoms with Crippen molar-refractivity contribution in [1.29, 1.82) is 0 Å². The summed E-state index contributed by atoms with van der Waals surface area (Å²) in [5.74, 6) is 0. The largest absolute Gasteiger partial charge is 0.295 e. The smallest absolute Gasteiger partial charge is 0.180 e. The lowest BCUT2D eigenvalue weighted by Crippen LogP contribution is -1.89. The summed E-state index contributed by atoms with van der Waals surface area (Å²) in [5.41, 5.74) is 2.63. The number of hydrogen-bond acceptors (Lipinski definition) is 4. The monoisotopic (exact) mass is 246 g/mol. The van der Waals surface area contributed by atoms with Gasteiger partial charge in [0.05, 0.1) is 0 Å². The van der Waals surface area contributed by atoms with E-state index >= 15 is 0 Å². The SMILES string of the molecule is Cc1ccc(CCCc2nnc(C=O)s2)cc1. The summed E-state index contributed by atoms with van der Waals surface area (Å²) in [4.78, 5) is 10.5. The van der Waals surface area contributed by atoms with E-state index in [1.54, 1.807) is 0 Å². The molecule has 0 aliphatic rings. The number of aromatic nitrogens is 2. The van der Waals surface area contributed by atoms with E-state index in [1.165, 1.54) is 22.5 Å². The average Bonchev–Trinajstić information content (AvgIpc) is 2.80. The Balaban J connectivity index is 1.83. The molecule has 3 nitrogen and oxygen atoms in total. The fraction of sp³-hybridized carbons (Fsp3) is 0.308. The molecule has 1 aromatic carbocycles. The number of carbonyl (C=O) groups is 1. The number of aldehydes is 1. The van der Waals surface area contributed by atoms with Crippen molar-refractivity contribution in [1.82, 2.24) is 10.2 Å². The molecule has 1 heterocycles.